The molecule has 0 radical (unpaired) electrons. The van der Waals surface area contributed by atoms with Crippen LogP contribution in [-0.2, 0) is 4.79 Å². The minimum atomic E-state index is -1.03. The van der Waals surface area contributed by atoms with Gasteiger partial charge in [0.15, 0.2) is 0 Å². The molecule has 1 heterocycles. The average molecular weight is 325 g/mol. The van der Waals surface area contributed by atoms with E-state index in [1.54, 1.807) is 12.0 Å². The van der Waals surface area contributed by atoms with Gasteiger partial charge in [-0.2, -0.15) is 0 Å². The number of methoxy groups -OCH3 is 1. The molecular weight excluding hydrogens is 302 g/mol. The predicted octanol–water partition coefficient (Wildman–Crippen LogP) is 1.52. The number of hydrogen-bond donors (Lipinski definition) is 2. The van der Waals surface area contributed by atoms with E-state index < -0.39 is 5.60 Å². The van der Waals surface area contributed by atoms with Crippen LogP contribution >= 0.6 is 11.8 Å². The Kier molecular flexibility index (Phi) is 6.11. The van der Waals surface area contributed by atoms with E-state index in [9.17, 15) is 15.0 Å². The van der Waals surface area contributed by atoms with Crippen LogP contribution in [0.25, 0.3) is 0 Å². The first kappa shape index (κ1) is 17.1. The summed E-state index contributed by atoms with van der Waals surface area (Å²) in [6, 6.07) is 7.63. The van der Waals surface area contributed by atoms with Crippen molar-refractivity contribution in [3.8, 4) is 5.75 Å². The molecule has 1 atom stereocenters. The van der Waals surface area contributed by atoms with E-state index in [-0.39, 0.29) is 12.5 Å². The molecule has 0 bridgehead atoms. The molecule has 5 nitrogen and oxygen atoms in total. The Morgan fingerprint density at radius 2 is 2.23 bits per heavy atom. The van der Waals surface area contributed by atoms with Gasteiger partial charge in [0, 0.05) is 18.0 Å². The Labute approximate surface area is 135 Å². The molecule has 22 heavy (non-hydrogen) atoms. The fourth-order valence-corrected chi connectivity index (χ4v) is 3.36. The molecule has 1 aromatic rings. The summed E-state index contributed by atoms with van der Waals surface area (Å²) in [5.41, 5.74) is -1.03. The monoisotopic (exact) mass is 325 g/mol. The van der Waals surface area contributed by atoms with Gasteiger partial charge < -0.3 is 19.8 Å². The smallest absolute Gasteiger partial charge is 0.232 e. The van der Waals surface area contributed by atoms with Crippen LogP contribution < -0.4 is 4.74 Å². The Morgan fingerprint density at radius 3 is 2.95 bits per heavy atom. The number of amides is 1. The highest BCUT2D eigenvalue weighted by Crippen LogP contribution is 2.25. The average Bonchev–Trinajstić information content (AvgIpc) is 2.75. The maximum Gasteiger partial charge on any atom is 0.232 e. The van der Waals surface area contributed by atoms with Gasteiger partial charge in [0.1, 0.15) is 5.75 Å². The van der Waals surface area contributed by atoms with E-state index in [1.807, 2.05) is 24.3 Å². The van der Waals surface area contributed by atoms with Gasteiger partial charge >= 0.3 is 0 Å². The molecule has 1 saturated heterocycles. The third-order valence-corrected chi connectivity index (χ3v) is 4.95. The summed E-state index contributed by atoms with van der Waals surface area (Å²) in [6.07, 6.45) is 1.68. The van der Waals surface area contributed by atoms with Crippen molar-refractivity contribution in [3.05, 3.63) is 24.3 Å². The van der Waals surface area contributed by atoms with Crippen LogP contribution in [0.3, 0.4) is 0 Å². The third kappa shape index (κ3) is 4.63. The van der Waals surface area contributed by atoms with Crippen molar-refractivity contribution in [3.63, 3.8) is 0 Å². The zero-order valence-electron chi connectivity index (χ0n) is 12.8. The summed E-state index contributed by atoms with van der Waals surface area (Å²) in [6.45, 7) is 0.891. The van der Waals surface area contributed by atoms with E-state index in [0.717, 1.165) is 10.6 Å². The van der Waals surface area contributed by atoms with Crippen LogP contribution in [0, 0.1) is 0 Å². The van der Waals surface area contributed by atoms with Crippen molar-refractivity contribution in [1.29, 1.82) is 0 Å². The Morgan fingerprint density at radius 1 is 1.41 bits per heavy atom. The lowest BCUT2D eigenvalue weighted by molar-refractivity contribution is -0.128. The van der Waals surface area contributed by atoms with E-state index in [1.165, 1.54) is 11.8 Å². The Hall–Kier alpha value is -1.24. The van der Waals surface area contributed by atoms with Crippen LogP contribution in [0.1, 0.15) is 19.3 Å². The first-order valence-corrected chi connectivity index (χ1v) is 8.43. The molecule has 1 amide bonds. The molecule has 1 aliphatic heterocycles. The number of carbonyl (C=O) groups excluding carboxylic acids is 1. The molecule has 1 aliphatic rings. The second-order valence-corrected chi connectivity index (χ2v) is 6.63. The number of nitrogens with zero attached hydrogens (tertiary/aromatic N) is 1. The van der Waals surface area contributed by atoms with Gasteiger partial charge in [-0.25, -0.2) is 0 Å². The SMILES string of the molecule is COc1cccc(SCC(=O)N2CCC[C@](O)(CO)CC2)c1. The normalized spacial score (nSPS) is 22.2. The van der Waals surface area contributed by atoms with Crippen LogP contribution in [0.4, 0.5) is 0 Å². The number of rotatable bonds is 5. The zero-order chi connectivity index (χ0) is 16.0. The number of aliphatic hydroxyl groups is 2. The number of carbonyl (C=O) groups is 1. The summed E-state index contributed by atoms with van der Waals surface area (Å²) >= 11 is 1.48. The minimum Gasteiger partial charge on any atom is -0.497 e. The number of likely N-dealkylation sites (tertiary alicyclic amines) is 1. The number of hydrogen-bond acceptors (Lipinski definition) is 5. The predicted molar refractivity (Wildman–Crippen MR) is 86.2 cm³/mol. The molecule has 0 saturated carbocycles. The second kappa shape index (κ2) is 7.85. The lowest BCUT2D eigenvalue weighted by Gasteiger charge is -2.24. The highest BCUT2D eigenvalue weighted by Gasteiger charge is 2.30. The molecule has 0 aliphatic carbocycles. The summed E-state index contributed by atoms with van der Waals surface area (Å²) in [7, 11) is 1.62. The van der Waals surface area contributed by atoms with Gasteiger partial charge in [0.2, 0.25) is 5.91 Å². The van der Waals surface area contributed by atoms with Crippen molar-refractivity contribution >= 4 is 17.7 Å². The summed E-state index contributed by atoms with van der Waals surface area (Å²) in [5, 5.41) is 19.4. The zero-order valence-corrected chi connectivity index (χ0v) is 13.6. The topological polar surface area (TPSA) is 70.0 Å². The minimum absolute atomic E-state index is 0.0648. The highest BCUT2D eigenvalue weighted by molar-refractivity contribution is 8.00. The lowest BCUT2D eigenvalue weighted by atomic mass is 9.96. The standard InChI is InChI=1S/C16H23NO4S/c1-21-13-4-2-5-14(10-13)22-11-15(19)17-8-3-6-16(20,12-18)7-9-17/h2,4-5,10,18,20H,3,6-9,11-12H2,1H3/t16-/m1/s1. The first-order chi connectivity index (χ1) is 10.6. The molecule has 1 fully saturated rings. The molecule has 0 unspecified atom stereocenters. The number of benzene rings is 1. The van der Waals surface area contributed by atoms with E-state index in [0.29, 0.717) is 38.1 Å². The molecule has 1 aromatic carbocycles. The summed E-state index contributed by atoms with van der Waals surface area (Å²) in [4.78, 5) is 15.1. The summed E-state index contributed by atoms with van der Waals surface area (Å²) < 4.78 is 5.17. The van der Waals surface area contributed by atoms with Gasteiger partial charge in [0.25, 0.3) is 0 Å². The largest absolute Gasteiger partial charge is 0.497 e. The number of aliphatic hydroxyl groups excluding tert-OH is 1. The van der Waals surface area contributed by atoms with Gasteiger partial charge in [-0.15, -0.1) is 11.8 Å². The van der Waals surface area contributed by atoms with Gasteiger partial charge in [0.05, 0.1) is 25.1 Å². The van der Waals surface area contributed by atoms with Gasteiger partial charge in [-0.3, -0.25) is 4.79 Å². The molecule has 0 aromatic heterocycles. The molecule has 0 spiro atoms. The van der Waals surface area contributed by atoms with Crippen molar-refractivity contribution in [2.75, 3.05) is 32.6 Å². The Balaban J connectivity index is 1.86. The van der Waals surface area contributed by atoms with Crippen molar-refractivity contribution < 1.29 is 19.7 Å². The lowest BCUT2D eigenvalue weighted by Crippen LogP contribution is -2.37. The van der Waals surface area contributed by atoms with Crippen molar-refractivity contribution in [1.82, 2.24) is 4.90 Å². The van der Waals surface area contributed by atoms with Gasteiger partial charge in [-0.1, -0.05) is 6.07 Å². The molecule has 2 N–H and O–H groups in total. The van der Waals surface area contributed by atoms with E-state index in [4.69, 9.17) is 4.74 Å². The van der Waals surface area contributed by atoms with Gasteiger partial charge in [-0.05, 0) is 37.5 Å². The maximum absolute atomic E-state index is 12.3. The molecular formula is C16H23NO4S. The van der Waals surface area contributed by atoms with E-state index in [2.05, 4.69) is 0 Å². The fraction of sp³-hybridized carbons (Fsp3) is 0.562. The van der Waals surface area contributed by atoms with Crippen LogP contribution in [0.15, 0.2) is 29.2 Å². The number of thioether (sulfide) groups is 1. The van der Waals surface area contributed by atoms with Crippen LogP contribution in [0.5, 0.6) is 5.75 Å². The maximum atomic E-state index is 12.3. The summed E-state index contributed by atoms with van der Waals surface area (Å²) in [5.74, 6) is 1.21. The Bertz CT molecular complexity index is 511. The van der Waals surface area contributed by atoms with Crippen LogP contribution in [0.2, 0.25) is 0 Å². The van der Waals surface area contributed by atoms with Crippen LogP contribution in [-0.4, -0.2) is 59.2 Å². The third-order valence-electron chi connectivity index (χ3n) is 3.97. The van der Waals surface area contributed by atoms with Crippen molar-refractivity contribution in [2.45, 2.75) is 29.8 Å². The molecule has 122 valence electrons. The second-order valence-electron chi connectivity index (χ2n) is 5.58. The number of ether oxygens (including phenoxy) is 1. The van der Waals surface area contributed by atoms with Crippen molar-refractivity contribution in [2.24, 2.45) is 0 Å². The quantitative estimate of drug-likeness (QED) is 0.803. The van der Waals surface area contributed by atoms with E-state index >= 15 is 0 Å². The highest BCUT2D eigenvalue weighted by atomic mass is 32.2. The fourth-order valence-electron chi connectivity index (χ4n) is 2.51. The first-order valence-electron chi connectivity index (χ1n) is 7.44. The molecule has 6 heteroatoms. The molecule has 2 rings (SSSR count).